The summed E-state index contributed by atoms with van der Waals surface area (Å²) >= 11 is 0. The number of aromatic nitrogens is 3. The Morgan fingerprint density at radius 1 is 1.05 bits per heavy atom. The summed E-state index contributed by atoms with van der Waals surface area (Å²) < 4.78 is 3.15. The highest BCUT2D eigenvalue weighted by Gasteiger charge is 2.15. The molecule has 0 amide bonds. The second kappa shape index (κ2) is 7.42. The summed E-state index contributed by atoms with van der Waals surface area (Å²) in [6.45, 7) is 10.6. The van der Waals surface area contributed by atoms with Crippen molar-refractivity contribution in [3.8, 4) is 0 Å². The Morgan fingerprint density at radius 3 is 2.18 bits per heavy atom. The molecular formula is C16H27N3O3. The van der Waals surface area contributed by atoms with E-state index >= 15 is 0 Å². The average Bonchev–Trinajstić information content (AvgIpc) is 2.48. The molecular weight excluding hydrogens is 282 g/mol. The van der Waals surface area contributed by atoms with Crippen molar-refractivity contribution >= 4 is 0 Å². The van der Waals surface area contributed by atoms with Crippen LogP contribution in [0.3, 0.4) is 0 Å². The highest BCUT2D eigenvalue weighted by atomic mass is 16.2. The summed E-state index contributed by atoms with van der Waals surface area (Å²) in [5.41, 5.74) is -1.43. The zero-order valence-corrected chi connectivity index (χ0v) is 14.1. The maximum atomic E-state index is 12.3. The van der Waals surface area contributed by atoms with Gasteiger partial charge in [0.2, 0.25) is 0 Å². The van der Waals surface area contributed by atoms with E-state index in [1.54, 1.807) is 0 Å². The molecule has 0 unspecified atom stereocenters. The van der Waals surface area contributed by atoms with Gasteiger partial charge in [-0.05, 0) is 18.3 Å². The molecule has 0 aliphatic rings. The van der Waals surface area contributed by atoms with Crippen LogP contribution in [0, 0.1) is 5.41 Å². The van der Waals surface area contributed by atoms with E-state index in [2.05, 4.69) is 27.4 Å². The maximum Gasteiger partial charge on any atom is 0.336 e. The van der Waals surface area contributed by atoms with Gasteiger partial charge in [-0.25, -0.2) is 28.1 Å². The van der Waals surface area contributed by atoms with Gasteiger partial charge in [-0.3, -0.25) is 0 Å². The fourth-order valence-corrected chi connectivity index (χ4v) is 2.28. The van der Waals surface area contributed by atoms with Gasteiger partial charge in [0.15, 0.2) is 0 Å². The largest absolute Gasteiger partial charge is 0.336 e. The lowest BCUT2D eigenvalue weighted by molar-refractivity contribution is 0.304. The first-order valence-corrected chi connectivity index (χ1v) is 7.76. The predicted molar refractivity (Wildman–Crippen MR) is 88.3 cm³/mol. The average molecular weight is 309 g/mol. The molecule has 0 spiro atoms. The molecule has 6 nitrogen and oxygen atoms in total. The van der Waals surface area contributed by atoms with Crippen molar-refractivity contribution in [3.63, 3.8) is 0 Å². The minimum absolute atomic E-state index is 0.106. The van der Waals surface area contributed by atoms with Crippen LogP contribution >= 0.6 is 0 Å². The number of unbranched alkanes of at least 4 members (excludes halogenated alkanes) is 1. The first-order chi connectivity index (χ1) is 10.2. The molecule has 0 aliphatic carbocycles. The van der Waals surface area contributed by atoms with Crippen LogP contribution < -0.4 is 17.1 Å². The van der Waals surface area contributed by atoms with Crippen molar-refractivity contribution in [2.45, 2.75) is 59.5 Å². The van der Waals surface area contributed by atoms with Gasteiger partial charge in [-0.2, -0.15) is 0 Å². The molecule has 1 rings (SSSR count). The second-order valence-electron chi connectivity index (χ2n) is 6.43. The molecule has 0 fully saturated rings. The van der Waals surface area contributed by atoms with Crippen LogP contribution in [0.1, 0.15) is 46.5 Å². The van der Waals surface area contributed by atoms with E-state index in [-0.39, 0.29) is 12.0 Å². The summed E-state index contributed by atoms with van der Waals surface area (Å²) in [5.74, 6) is 0. The van der Waals surface area contributed by atoms with Gasteiger partial charge in [-0.15, -0.1) is 6.58 Å². The van der Waals surface area contributed by atoms with Gasteiger partial charge >= 0.3 is 17.1 Å². The lowest BCUT2D eigenvalue weighted by Gasteiger charge is -2.22. The quantitative estimate of drug-likeness (QED) is 0.540. The molecule has 0 aliphatic heterocycles. The fourth-order valence-electron chi connectivity index (χ4n) is 2.28. The van der Waals surface area contributed by atoms with E-state index in [1.165, 1.54) is 13.1 Å². The lowest BCUT2D eigenvalue weighted by Crippen LogP contribution is -2.53. The first kappa shape index (κ1) is 18.2. The lowest BCUT2D eigenvalue weighted by atomic mass is 9.85. The molecule has 0 saturated carbocycles. The Labute approximate surface area is 130 Å². The van der Waals surface area contributed by atoms with Gasteiger partial charge in [0.05, 0.1) is 6.54 Å². The summed E-state index contributed by atoms with van der Waals surface area (Å²) in [6.07, 6.45) is 5.30. The van der Waals surface area contributed by atoms with Crippen molar-refractivity contribution in [1.29, 1.82) is 0 Å². The molecule has 0 N–H and O–H groups in total. The smallest absolute Gasteiger partial charge is 0.248 e. The number of hydrogen-bond acceptors (Lipinski definition) is 3. The molecule has 1 heterocycles. The van der Waals surface area contributed by atoms with Crippen LogP contribution in [-0.4, -0.2) is 13.7 Å². The Bertz CT molecular complexity index is 692. The molecule has 0 aromatic carbocycles. The molecule has 0 saturated heterocycles. The third-order valence-corrected chi connectivity index (χ3v) is 4.25. The van der Waals surface area contributed by atoms with E-state index in [4.69, 9.17) is 0 Å². The summed E-state index contributed by atoms with van der Waals surface area (Å²) in [6, 6.07) is 0. The Morgan fingerprint density at radius 2 is 1.64 bits per heavy atom. The van der Waals surface area contributed by atoms with Crippen molar-refractivity contribution in [2.24, 2.45) is 12.5 Å². The van der Waals surface area contributed by atoms with E-state index < -0.39 is 17.1 Å². The molecule has 124 valence electrons. The molecule has 1 aromatic rings. The molecule has 6 heteroatoms. The van der Waals surface area contributed by atoms with Gasteiger partial charge < -0.3 is 0 Å². The zero-order chi connectivity index (χ0) is 16.9. The minimum atomic E-state index is -0.599. The third kappa shape index (κ3) is 4.08. The first-order valence-electron chi connectivity index (χ1n) is 7.76. The molecule has 22 heavy (non-hydrogen) atoms. The van der Waals surface area contributed by atoms with Crippen molar-refractivity contribution in [2.75, 3.05) is 0 Å². The molecule has 0 bridgehead atoms. The standard InChI is InChI=1S/C16H27N3O3/c1-6-11-18-13(20)17(5)14(21)19(15(18)22)12-9-8-10-16(3,4)7-2/h6H,1,7-12H2,2-5H3. The van der Waals surface area contributed by atoms with Crippen LogP contribution in [0.2, 0.25) is 0 Å². The van der Waals surface area contributed by atoms with Gasteiger partial charge in [-0.1, -0.05) is 39.7 Å². The zero-order valence-electron chi connectivity index (χ0n) is 14.1. The topological polar surface area (TPSA) is 66.0 Å². The highest BCUT2D eigenvalue weighted by molar-refractivity contribution is 4.81. The predicted octanol–water partition coefficient (Wildman–Crippen LogP) is 1.50. The van der Waals surface area contributed by atoms with E-state index in [0.29, 0.717) is 6.54 Å². The molecule has 1 aromatic heterocycles. The van der Waals surface area contributed by atoms with Gasteiger partial charge in [0.25, 0.3) is 0 Å². The number of nitrogens with zero attached hydrogens (tertiary/aromatic N) is 3. The van der Waals surface area contributed by atoms with Gasteiger partial charge in [0, 0.05) is 13.6 Å². The summed E-state index contributed by atoms with van der Waals surface area (Å²) in [7, 11) is 1.39. The fraction of sp³-hybridized carbons (Fsp3) is 0.688. The minimum Gasteiger partial charge on any atom is -0.248 e. The van der Waals surface area contributed by atoms with Crippen LogP contribution in [0.4, 0.5) is 0 Å². The summed E-state index contributed by atoms with van der Waals surface area (Å²) in [5, 5.41) is 0. The number of allylic oxidation sites excluding steroid dienone is 1. The normalized spacial score (nSPS) is 11.6. The molecule has 0 atom stereocenters. The maximum absolute atomic E-state index is 12.3. The van der Waals surface area contributed by atoms with Crippen LogP contribution in [0.25, 0.3) is 0 Å². The highest BCUT2D eigenvalue weighted by Crippen LogP contribution is 2.26. The van der Waals surface area contributed by atoms with Crippen molar-refractivity contribution in [1.82, 2.24) is 13.7 Å². The second-order valence-corrected chi connectivity index (χ2v) is 6.43. The van der Waals surface area contributed by atoms with Gasteiger partial charge in [0.1, 0.15) is 0 Å². The molecule has 0 radical (unpaired) electrons. The van der Waals surface area contributed by atoms with Crippen LogP contribution in [0.5, 0.6) is 0 Å². The Kier molecular flexibility index (Phi) is 6.14. The van der Waals surface area contributed by atoms with E-state index in [0.717, 1.165) is 39.4 Å². The van der Waals surface area contributed by atoms with Crippen LogP contribution in [0.15, 0.2) is 27.0 Å². The number of rotatable bonds is 8. The Hall–Kier alpha value is -1.85. The third-order valence-electron chi connectivity index (χ3n) is 4.25. The SMILES string of the molecule is C=CCn1c(=O)n(C)c(=O)n(CCCCC(C)(C)CC)c1=O. The van der Waals surface area contributed by atoms with E-state index in [9.17, 15) is 14.4 Å². The summed E-state index contributed by atoms with van der Waals surface area (Å²) in [4.78, 5) is 36.3. The Balaban J connectivity index is 2.97. The van der Waals surface area contributed by atoms with Crippen molar-refractivity contribution in [3.05, 3.63) is 44.1 Å². The van der Waals surface area contributed by atoms with E-state index in [1.807, 2.05) is 0 Å². The van der Waals surface area contributed by atoms with Crippen LogP contribution in [-0.2, 0) is 20.1 Å². The van der Waals surface area contributed by atoms with Crippen molar-refractivity contribution < 1.29 is 0 Å². The monoisotopic (exact) mass is 309 g/mol. The number of hydrogen-bond donors (Lipinski definition) is 0.